The molecule has 3 aliphatic rings. The Labute approximate surface area is 167 Å². The van der Waals surface area contributed by atoms with Gasteiger partial charge < -0.3 is 24.2 Å². The fourth-order valence-corrected chi connectivity index (χ4v) is 5.21. The maximum absolute atomic E-state index is 13.1. The normalized spacial score (nSPS) is 21.7. The van der Waals surface area contributed by atoms with E-state index in [1.807, 2.05) is 6.07 Å². The van der Waals surface area contributed by atoms with Crippen molar-refractivity contribution in [2.45, 2.75) is 38.3 Å². The molecule has 2 saturated heterocycles. The average Bonchev–Trinajstić information content (AvgIpc) is 2.88. The summed E-state index contributed by atoms with van der Waals surface area (Å²) in [4.78, 5) is 19.9. The zero-order valence-corrected chi connectivity index (χ0v) is 17.5. The topological polar surface area (TPSA) is 45.3 Å². The first kappa shape index (κ1) is 19.1. The highest BCUT2D eigenvalue weighted by Gasteiger charge is 2.49. The van der Waals surface area contributed by atoms with Crippen molar-refractivity contribution in [2.24, 2.45) is 0 Å². The van der Waals surface area contributed by atoms with Crippen molar-refractivity contribution in [1.29, 1.82) is 0 Å². The van der Waals surface area contributed by atoms with Gasteiger partial charge in [0.05, 0.1) is 26.3 Å². The lowest BCUT2D eigenvalue weighted by molar-refractivity contribution is -0.145. The van der Waals surface area contributed by atoms with Crippen molar-refractivity contribution in [3.63, 3.8) is 0 Å². The smallest absolute Gasteiger partial charge is 0.242 e. The molecule has 0 unspecified atom stereocenters. The van der Waals surface area contributed by atoms with Crippen LogP contribution in [0.15, 0.2) is 23.9 Å². The summed E-state index contributed by atoms with van der Waals surface area (Å²) in [5.74, 6) is 1.90. The van der Waals surface area contributed by atoms with Gasteiger partial charge in [-0.1, -0.05) is 6.08 Å². The van der Waals surface area contributed by atoms with Gasteiger partial charge in [0.2, 0.25) is 5.91 Å². The first-order valence-corrected chi connectivity index (χ1v) is 10.2. The summed E-state index contributed by atoms with van der Waals surface area (Å²) >= 11 is 0. The number of piperidine rings is 1. The first-order valence-electron chi connectivity index (χ1n) is 10.2. The fourth-order valence-electron chi connectivity index (χ4n) is 5.21. The summed E-state index contributed by atoms with van der Waals surface area (Å²) in [5, 5.41) is 0. The van der Waals surface area contributed by atoms with Gasteiger partial charge in [0.25, 0.3) is 0 Å². The zero-order valence-electron chi connectivity index (χ0n) is 17.5. The lowest BCUT2D eigenvalue weighted by atomic mass is 9.79. The zero-order chi connectivity index (χ0) is 19.9. The maximum atomic E-state index is 13.1. The van der Waals surface area contributed by atoms with Crippen LogP contribution in [0.25, 0.3) is 0 Å². The van der Waals surface area contributed by atoms with Gasteiger partial charge >= 0.3 is 0 Å². The predicted molar refractivity (Wildman–Crippen MR) is 109 cm³/mol. The van der Waals surface area contributed by atoms with E-state index in [1.54, 1.807) is 14.2 Å². The van der Waals surface area contributed by atoms with E-state index >= 15 is 0 Å². The minimum absolute atomic E-state index is 0.185. The van der Waals surface area contributed by atoms with Crippen LogP contribution in [0.5, 0.6) is 11.5 Å². The van der Waals surface area contributed by atoms with Gasteiger partial charge in [-0.25, -0.2) is 0 Å². The molecule has 0 N–H and O–H groups in total. The van der Waals surface area contributed by atoms with E-state index in [0.29, 0.717) is 6.54 Å². The van der Waals surface area contributed by atoms with E-state index in [2.05, 4.69) is 40.8 Å². The van der Waals surface area contributed by atoms with Crippen LogP contribution in [0, 0.1) is 0 Å². The van der Waals surface area contributed by atoms with E-state index in [4.69, 9.17) is 9.47 Å². The number of likely N-dealkylation sites (N-methyl/N-ethyl adjacent to an activating group) is 1. The number of carbonyl (C=O) groups excluding carboxylic acids is 1. The molecular weight excluding hydrogens is 354 g/mol. The van der Waals surface area contributed by atoms with E-state index in [-0.39, 0.29) is 11.4 Å². The van der Waals surface area contributed by atoms with Crippen LogP contribution >= 0.6 is 0 Å². The standard InChI is InChI=1S/C22H31N3O3/c1-5-25-21(26)15-24-14-16-12-17(27-3)13-19(28-4)18(16)6-7-20(24)22(25)8-10-23(2)11-9-22/h7,12-13H,5-6,8-11,14-15H2,1-4H3. The Bertz CT molecular complexity index is 796. The number of carbonyl (C=O) groups is 1. The number of likely N-dealkylation sites (tertiary alicyclic amines) is 1. The Morgan fingerprint density at radius 1 is 1.11 bits per heavy atom. The molecule has 0 radical (unpaired) electrons. The highest BCUT2D eigenvalue weighted by molar-refractivity contribution is 5.81. The van der Waals surface area contributed by atoms with E-state index in [9.17, 15) is 4.79 Å². The van der Waals surface area contributed by atoms with Crippen LogP contribution < -0.4 is 9.47 Å². The van der Waals surface area contributed by atoms with Gasteiger partial charge in [0.1, 0.15) is 11.5 Å². The number of piperazine rings is 1. The molecule has 1 aromatic rings. The summed E-state index contributed by atoms with van der Waals surface area (Å²) in [7, 11) is 5.56. The lowest BCUT2D eigenvalue weighted by Crippen LogP contribution is -2.65. The van der Waals surface area contributed by atoms with Crippen LogP contribution in [0.2, 0.25) is 0 Å². The van der Waals surface area contributed by atoms with Gasteiger partial charge in [0.15, 0.2) is 0 Å². The molecule has 0 saturated carbocycles. The number of amides is 1. The average molecular weight is 386 g/mol. The first-order chi connectivity index (χ1) is 13.5. The molecule has 152 valence electrons. The SMILES string of the molecule is CCN1C(=O)CN2Cc3cc(OC)cc(OC)c3CC=C2C12CCN(C)CC2. The van der Waals surface area contributed by atoms with Gasteiger partial charge in [-0.3, -0.25) is 4.79 Å². The maximum Gasteiger partial charge on any atom is 0.242 e. The molecule has 3 heterocycles. The summed E-state index contributed by atoms with van der Waals surface area (Å²) in [6.45, 7) is 6.05. The molecule has 3 aliphatic heterocycles. The lowest BCUT2D eigenvalue weighted by Gasteiger charge is -2.55. The summed E-state index contributed by atoms with van der Waals surface area (Å²) < 4.78 is 11.1. The minimum Gasteiger partial charge on any atom is -0.497 e. The third-order valence-electron chi connectivity index (χ3n) is 6.68. The Morgan fingerprint density at radius 2 is 1.86 bits per heavy atom. The van der Waals surface area contributed by atoms with Crippen molar-refractivity contribution in [1.82, 2.24) is 14.7 Å². The van der Waals surface area contributed by atoms with Crippen LogP contribution in [0.1, 0.15) is 30.9 Å². The Hall–Kier alpha value is -2.21. The highest BCUT2D eigenvalue weighted by Crippen LogP contribution is 2.43. The number of fused-ring (bicyclic) bond motifs is 3. The fraction of sp³-hybridized carbons (Fsp3) is 0.591. The van der Waals surface area contributed by atoms with Crippen LogP contribution in [0.4, 0.5) is 0 Å². The molecule has 6 heteroatoms. The molecule has 4 rings (SSSR count). The number of nitrogens with zero attached hydrogens (tertiary/aromatic N) is 3. The molecule has 0 aliphatic carbocycles. The largest absolute Gasteiger partial charge is 0.497 e. The van der Waals surface area contributed by atoms with Crippen LogP contribution in [0.3, 0.4) is 0 Å². The number of hydrogen-bond donors (Lipinski definition) is 0. The van der Waals surface area contributed by atoms with Crippen molar-refractivity contribution in [3.05, 3.63) is 35.0 Å². The molecule has 28 heavy (non-hydrogen) atoms. The highest BCUT2D eigenvalue weighted by atomic mass is 16.5. The van der Waals surface area contributed by atoms with E-state index in [0.717, 1.165) is 56.9 Å². The third kappa shape index (κ3) is 2.94. The predicted octanol–water partition coefficient (Wildman–Crippen LogP) is 2.27. The van der Waals surface area contributed by atoms with Gasteiger partial charge in [0, 0.05) is 43.5 Å². The molecule has 1 spiro atoms. The quantitative estimate of drug-likeness (QED) is 0.799. The second-order valence-corrected chi connectivity index (χ2v) is 8.09. The Balaban J connectivity index is 1.78. The molecule has 1 aromatic carbocycles. The van der Waals surface area contributed by atoms with Crippen LogP contribution in [-0.4, -0.2) is 73.6 Å². The summed E-state index contributed by atoms with van der Waals surface area (Å²) in [6.07, 6.45) is 5.14. The number of allylic oxidation sites excluding steroid dienone is 1. The van der Waals surface area contributed by atoms with Crippen LogP contribution in [-0.2, 0) is 17.8 Å². The van der Waals surface area contributed by atoms with Gasteiger partial charge in [-0.2, -0.15) is 0 Å². The molecular formula is C22H31N3O3. The number of rotatable bonds is 3. The third-order valence-corrected chi connectivity index (χ3v) is 6.68. The molecule has 2 fully saturated rings. The molecule has 0 bridgehead atoms. The van der Waals surface area contributed by atoms with Crippen molar-refractivity contribution in [3.8, 4) is 11.5 Å². The second kappa shape index (κ2) is 7.32. The number of methoxy groups -OCH3 is 2. The van der Waals surface area contributed by atoms with Crippen molar-refractivity contribution < 1.29 is 14.3 Å². The van der Waals surface area contributed by atoms with Gasteiger partial charge in [-0.15, -0.1) is 0 Å². The van der Waals surface area contributed by atoms with Crippen molar-refractivity contribution >= 4 is 5.91 Å². The van der Waals surface area contributed by atoms with Crippen molar-refractivity contribution in [2.75, 3.05) is 47.4 Å². The molecule has 1 amide bonds. The molecule has 6 nitrogen and oxygen atoms in total. The second-order valence-electron chi connectivity index (χ2n) is 8.09. The summed E-state index contributed by atoms with van der Waals surface area (Å²) in [6, 6.07) is 4.04. The number of hydrogen-bond acceptors (Lipinski definition) is 5. The molecule has 0 aromatic heterocycles. The number of ether oxygens (including phenoxy) is 2. The Morgan fingerprint density at radius 3 is 2.50 bits per heavy atom. The van der Waals surface area contributed by atoms with E-state index < -0.39 is 0 Å². The van der Waals surface area contributed by atoms with Gasteiger partial charge in [-0.05, 0) is 44.9 Å². The molecule has 0 atom stereocenters. The number of benzene rings is 1. The van der Waals surface area contributed by atoms with E-state index in [1.165, 1.54) is 16.8 Å². The Kier molecular flexibility index (Phi) is 5.00. The monoisotopic (exact) mass is 385 g/mol. The summed E-state index contributed by atoms with van der Waals surface area (Å²) in [5.41, 5.74) is 3.52. The minimum atomic E-state index is -0.185.